The van der Waals surface area contributed by atoms with Crippen LogP contribution in [0, 0.1) is 11.3 Å². The molecule has 4 nitrogen and oxygen atoms in total. The molecule has 0 bridgehead atoms. The number of nitriles is 1. The van der Waals surface area contributed by atoms with Crippen molar-refractivity contribution in [1.29, 1.82) is 5.26 Å². The van der Waals surface area contributed by atoms with Crippen molar-refractivity contribution in [2.75, 3.05) is 0 Å². The summed E-state index contributed by atoms with van der Waals surface area (Å²) in [6.45, 7) is 0. The highest BCUT2D eigenvalue weighted by molar-refractivity contribution is 5.71. The molecule has 0 spiro atoms. The fourth-order valence-corrected chi connectivity index (χ4v) is 2.00. The Balaban J connectivity index is 2.29. The van der Waals surface area contributed by atoms with Crippen LogP contribution < -0.4 is 0 Å². The molecule has 86 valence electrons. The summed E-state index contributed by atoms with van der Waals surface area (Å²) in [5.74, 6) is 0. The lowest BCUT2D eigenvalue weighted by atomic mass is 10.1. The molecule has 18 heavy (non-hydrogen) atoms. The largest absolute Gasteiger partial charge is 0.237 e. The van der Waals surface area contributed by atoms with Gasteiger partial charge in [-0.15, -0.1) is 0 Å². The van der Waals surface area contributed by atoms with Gasteiger partial charge in [0.05, 0.1) is 18.2 Å². The van der Waals surface area contributed by atoms with Crippen LogP contribution in [0.3, 0.4) is 0 Å². The molecule has 0 N–H and O–H groups in total. The summed E-state index contributed by atoms with van der Waals surface area (Å²) in [5.41, 5.74) is 3.46. The molecular weight excluding hydrogens is 224 g/mol. The first kappa shape index (κ1) is 10.5. The van der Waals surface area contributed by atoms with Crippen molar-refractivity contribution in [3.05, 3.63) is 54.4 Å². The van der Waals surface area contributed by atoms with Crippen LogP contribution in [-0.4, -0.2) is 14.6 Å². The Morgan fingerprint density at radius 3 is 2.78 bits per heavy atom. The first-order valence-electron chi connectivity index (χ1n) is 5.65. The fraction of sp³-hybridized carbons (Fsp3) is 0.0714. The van der Waals surface area contributed by atoms with Gasteiger partial charge in [0.15, 0.2) is 5.65 Å². The summed E-state index contributed by atoms with van der Waals surface area (Å²) >= 11 is 0. The zero-order valence-electron chi connectivity index (χ0n) is 9.61. The highest BCUT2D eigenvalue weighted by Gasteiger charge is 2.14. The molecule has 2 heterocycles. The molecule has 0 unspecified atom stereocenters. The third-order valence-electron chi connectivity index (χ3n) is 2.79. The lowest BCUT2D eigenvalue weighted by molar-refractivity contribution is 0.943. The van der Waals surface area contributed by atoms with Gasteiger partial charge in [-0.2, -0.15) is 10.4 Å². The van der Waals surface area contributed by atoms with Gasteiger partial charge in [-0.1, -0.05) is 30.3 Å². The molecule has 0 saturated carbocycles. The highest BCUT2D eigenvalue weighted by Crippen LogP contribution is 2.25. The molecule has 0 radical (unpaired) electrons. The van der Waals surface area contributed by atoms with Gasteiger partial charge in [0.25, 0.3) is 0 Å². The van der Waals surface area contributed by atoms with E-state index in [4.69, 9.17) is 5.26 Å². The Bertz CT molecular complexity index is 722. The first-order chi connectivity index (χ1) is 8.90. The molecule has 0 amide bonds. The van der Waals surface area contributed by atoms with E-state index in [1.54, 1.807) is 10.7 Å². The van der Waals surface area contributed by atoms with E-state index < -0.39 is 0 Å². The van der Waals surface area contributed by atoms with Crippen molar-refractivity contribution in [3.8, 4) is 17.3 Å². The van der Waals surface area contributed by atoms with Gasteiger partial charge in [0, 0.05) is 23.5 Å². The molecule has 3 rings (SSSR count). The van der Waals surface area contributed by atoms with Crippen LogP contribution in [0.4, 0.5) is 0 Å². The molecule has 3 aromatic rings. The summed E-state index contributed by atoms with van der Waals surface area (Å²) in [6.07, 6.45) is 3.87. The number of benzene rings is 1. The molecule has 4 heteroatoms. The maximum Gasteiger partial charge on any atom is 0.159 e. The second-order valence-corrected chi connectivity index (χ2v) is 3.92. The molecule has 0 aliphatic rings. The van der Waals surface area contributed by atoms with E-state index in [0.29, 0.717) is 6.42 Å². The smallest absolute Gasteiger partial charge is 0.159 e. The lowest BCUT2D eigenvalue weighted by Crippen LogP contribution is -1.88. The average molecular weight is 234 g/mol. The van der Waals surface area contributed by atoms with E-state index in [-0.39, 0.29) is 0 Å². The van der Waals surface area contributed by atoms with E-state index in [2.05, 4.69) is 16.2 Å². The van der Waals surface area contributed by atoms with Gasteiger partial charge in [-0.3, -0.25) is 0 Å². The minimum absolute atomic E-state index is 0.310. The summed E-state index contributed by atoms with van der Waals surface area (Å²) in [5, 5.41) is 13.5. The second-order valence-electron chi connectivity index (χ2n) is 3.92. The predicted molar refractivity (Wildman–Crippen MR) is 67.7 cm³/mol. The van der Waals surface area contributed by atoms with Crippen LogP contribution in [0.5, 0.6) is 0 Å². The van der Waals surface area contributed by atoms with E-state index in [0.717, 1.165) is 22.5 Å². The maximum atomic E-state index is 8.95. The topological polar surface area (TPSA) is 54.0 Å². The highest BCUT2D eigenvalue weighted by atomic mass is 15.2. The van der Waals surface area contributed by atoms with Gasteiger partial charge >= 0.3 is 0 Å². The molecule has 2 aromatic heterocycles. The molecule has 0 saturated heterocycles. The molecule has 0 atom stereocenters. The Morgan fingerprint density at radius 1 is 1.17 bits per heavy atom. The van der Waals surface area contributed by atoms with Crippen LogP contribution in [0.2, 0.25) is 0 Å². The Morgan fingerprint density at radius 2 is 2.00 bits per heavy atom. The summed E-state index contributed by atoms with van der Waals surface area (Å²) in [6, 6.07) is 13.9. The second kappa shape index (κ2) is 4.30. The van der Waals surface area contributed by atoms with Gasteiger partial charge in [0.1, 0.15) is 0 Å². The number of fused-ring (bicyclic) bond motifs is 1. The predicted octanol–water partition coefficient (Wildman–Crippen LogP) is 2.46. The summed E-state index contributed by atoms with van der Waals surface area (Å²) in [4.78, 5) is 4.30. The molecular formula is C14H10N4. The van der Waals surface area contributed by atoms with E-state index in [9.17, 15) is 0 Å². The third-order valence-corrected chi connectivity index (χ3v) is 2.79. The number of aromatic nitrogens is 3. The normalized spacial score (nSPS) is 10.4. The standard InChI is InChI=1S/C14H10N4/c15-8-7-12-13(11-5-2-1-3-6-11)17-18-10-4-9-16-14(12)18/h1-6,9-10H,7H2. The monoisotopic (exact) mass is 234 g/mol. The minimum atomic E-state index is 0.310. The van der Waals surface area contributed by atoms with Crippen molar-refractivity contribution in [2.24, 2.45) is 0 Å². The Hall–Kier alpha value is -2.67. The van der Waals surface area contributed by atoms with Gasteiger partial charge in [-0.05, 0) is 6.07 Å². The minimum Gasteiger partial charge on any atom is -0.237 e. The molecule has 1 aromatic carbocycles. The first-order valence-corrected chi connectivity index (χ1v) is 5.65. The van der Waals surface area contributed by atoms with E-state index >= 15 is 0 Å². The number of hydrogen-bond donors (Lipinski definition) is 0. The van der Waals surface area contributed by atoms with Crippen molar-refractivity contribution in [1.82, 2.24) is 14.6 Å². The van der Waals surface area contributed by atoms with Crippen molar-refractivity contribution < 1.29 is 0 Å². The van der Waals surface area contributed by atoms with Crippen molar-refractivity contribution in [3.63, 3.8) is 0 Å². The molecule has 0 aliphatic carbocycles. The number of rotatable bonds is 2. The van der Waals surface area contributed by atoms with Gasteiger partial charge in [0.2, 0.25) is 0 Å². The zero-order valence-corrected chi connectivity index (χ0v) is 9.61. The van der Waals surface area contributed by atoms with Crippen LogP contribution in [0.15, 0.2) is 48.8 Å². The van der Waals surface area contributed by atoms with Crippen LogP contribution >= 0.6 is 0 Å². The van der Waals surface area contributed by atoms with Crippen molar-refractivity contribution in [2.45, 2.75) is 6.42 Å². The van der Waals surface area contributed by atoms with Gasteiger partial charge in [-0.25, -0.2) is 9.50 Å². The Kier molecular flexibility index (Phi) is 2.50. The number of nitrogens with zero attached hydrogens (tertiary/aromatic N) is 4. The number of hydrogen-bond acceptors (Lipinski definition) is 3. The van der Waals surface area contributed by atoms with E-state index in [1.165, 1.54) is 0 Å². The van der Waals surface area contributed by atoms with Crippen LogP contribution in [0.1, 0.15) is 5.56 Å². The molecule has 0 fully saturated rings. The average Bonchev–Trinajstić information content (AvgIpc) is 2.80. The summed E-state index contributed by atoms with van der Waals surface area (Å²) in [7, 11) is 0. The SMILES string of the molecule is N#CCc1c(-c2ccccc2)nn2cccnc12. The van der Waals surface area contributed by atoms with Crippen LogP contribution in [0.25, 0.3) is 16.9 Å². The van der Waals surface area contributed by atoms with Gasteiger partial charge < -0.3 is 0 Å². The third kappa shape index (κ3) is 1.62. The quantitative estimate of drug-likeness (QED) is 0.684. The maximum absolute atomic E-state index is 8.95. The van der Waals surface area contributed by atoms with Crippen LogP contribution in [-0.2, 0) is 6.42 Å². The van der Waals surface area contributed by atoms with E-state index in [1.807, 2.05) is 42.6 Å². The van der Waals surface area contributed by atoms with Crippen molar-refractivity contribution >= 4 is 5.65 Å². The summed E-state index contributed by atoms with van der Waals surface area (Å²) < 4.78 is 1.72. The lowest BCUT2D eigenvalue weighted by Gasteiger charge is -1.97. The molecule has 0 aliphatic heterocycles. The zero-order chi connectivity index (χ0) is 12.4. The Labute approximate surface area is 104 Å². The fourth-order valence-electron chi connectivity index (χ4n) is 2.00.